The number of carbonyl (C=O) groups excluding carboxylic acids is 2. The Hall–Kier alpha value is -1.93. The van der Waals surface area contributed by atoms with E-state index in [2.05, 4.69) is 15.6 Å². The molecule has 3 N–H and O–H groups in total. The number of benzene rings is 1. The Bertz CT molecular complexity index is 609. The predicted molar refractivity (Wildman–Crippen MR) is 77.8 cm³/mol. The molecule has 0 unspecified atom stereocenters. The quantitative estimate of drug-likeness (QED) is 0.684. The highest BCUT2D eigenvalue weighted by molar-refractivity contribution is 7.89. The van der Waals surface area contributed by atoms with Crippen LogP contribution >= 0.6 is 0 Å². The zero-order chi connectivity index (χ0) is 16.0. The summed E-state index contributed by atoms with van der Waals surface area (Å²) in [4.78, 5) is 23.2. The number of hydrogen-bond acceptors (Lipinski definition) is 4. The molecular formula is C13H19N3O4S. The van der Waals surface area contributed by atoms with E-state index in [1.807, 2.05) is 0 Å². The maximum absolute atomic E-state index is 11.8. The smallest absolute Gasteiger partial charge is 0.269 e. The third-order valence-electron chi connectivity index (χ3n) is 2.58. The SMILES string of the molecule is CCNS(=O)(=O)c1ccc(C(=O)NNC(=O)C(C)C)cc1. The average Bonchev–Trinajstić information content (AvgIpc) is 2.44. The van der Waals surface area contributed by atoms with Crippen LogP contribution in [0.25, 0.3) is 0 Å². The predicted octanol–water partition coefficient (Wildman–Crippen LogP) is 0.402. The van der Waals surface area contributed by atoms with Crippen molar-refractivity contribution in [3.8, 4) is 0 Å². The summed E-state index contributed by atoms with van der Waals surface area (Å²) in [5.41, 5.74) is 4.78. The van der Waals surface area contributed by atoms with Gasteiger partial charge in [-0.1, -0.05) is 20.8 Å². The molecule has 0 aromatic heterocycles. The molecule has 0 aliphatic rings. The number of hydrogen-bond donors (Lipinski definition) is 3. The van der Waals surface area contributed by atoms with Gasteiger partial charge < -0.3 is 0 Å². The van der Waals surface area contributed by atoms with Crippen LogP contribution in [0.2, 0.25) is 0 Å². The summed E-state index contributed by atoms with van der Waals surface area (Å²) in [7, 11) is -3.54. The molecule has 8 heteroatoms. The minimum Gasteiger partial charge on any atom is -0.273 e. The molecule has 21 heavy (non-hydrogen) atoms. The minimum absolute atomic E-state index is 0.0760. The second-order valence-electron chi connectivity index (χ2n) is 4.62. The lowest BCUT2D eigenvalue weighted by atomic mass is 10.2. The number of amides is 2. The summed E-state index contributed by atoms with van der Waals surface area (Å²) in [5.74, 6) is -1.08. The van der Waals surface area contributed by atoms with Gasteiger partial charge in [0.05, 0.1) is 4.90 Å². The molecular weight excluding hydrogens is 294 g/mol. The molecule has 0 aliphatic carbocycles. The lowest BCUT2D eigenvalue weighted by Gasteiger charge is -2.09. The first-order chi connectivity index (χ1) is 9.77. The summed E-state index contributed by atoms with van der Waals surface area (Å²) in [6.07, 6.45) is 0. The molecule has 0 heterocycles. The van der Waals surface area contributed by atoms with Crippen LogP contribution in [0.4, 0.5) is 0 Å². The van der Waals surface area contributed by atoms with Gasteiger partial charge in [0.1, 0.15) is 0 Å². The summed E-state index contributed by atoms with van der Waals surface area (Å²) in [6.45, 7) is 5.35. The molecule has 1 aromatic carbocycles. The lowest BCUT2D eigenvalue weighted by Crippen LogP contribution is -2.43. The Labute approximate surface area is 124 Å². The molecule has 116 valence electrons. The van der Waals surface area contributed by atoms with E-state index in [4.69, 9.17) is 0 Å². The van der Waals surface area contributed by atoms with Gasteiger partial charge in [-0.2, -0.15) is 0 Å². The average molecular weight is 313 g/mol. The minimum atomic E-state index is -3.54. The van der Waals surface area contributed by atoms with Crippen molar-refractivity contribution in [1.82, 2.24) is 15.6 Å². The molecule has 0 fully saturated rings. The van der Waals surface area contributed by atoms with E-state index in [-0.39, 0.29) is 28.8 Å². The summed E-state index contributed by atoms with van der Waals surface area (Å²) < 4.78 is 25.8. The van der Waals surface area contributed by atoms with Crippen LogP contribution in [0, 0.1) is 5.92 Å². The van der Waals surface area contributed by atoms with Crippen molar-refractivity contribution in [2.75, 3.05) is 6.54 Å². The fraction of sp³-hybridized carbons (Fsp3) is 0.385. The van der Waals surface area contributed by atoms with Crippen LogP contribution in [0.15, 0.2) is 29.2 Å². The monoisotopic (exact) mass is 313 g/mol. The summed E-state index contributed by atoms with van der Waals surface area (Å²) in [5, 5.41) is 0. The Morgan fingerprint density at radius 1 is 1.10 bits per heavy atom. The zero-order valence-corrected chi connectivity index (χ0v) is 13.0. The van der Waals surface area contributed by atoms with Crippen molar-refractivity contribution >= 4 is 21.8 Å². The molecule has 0 atom stereocenters. The highest BCUT2D eigenvalue weighted by atomic mass is 32.2. The zero-order valence-electron chi connectivity index (χ0n) is 12.1. The van der Waals surface area contributed by atoms with Gasteiger partial charge in [0.2, 0.25) is 15.9 Å². The van der Waals surface area contributed by atoms with Crippen molar-refractivity contribution in [1.29, 1.82) is 0 Å². The number of carbonyl (C=O) groups is 2. The molecule has 0 aliphatic heterocycles. The molecule has 0 bridgehead atoms. The van der Waals surface area contributed by atoms with E-state index in [9.17, 15) is 18.0 Å². The van der Waals surface area contributed by atoms with Crippen LogP contribution in [-0.4, -0.2) is 26.8 Å². The second kappa shape index (κ2) is 7.19. The fourth-order valence-electron chi connectivity index (χ4n) is 1.39. The van der Waals surface area contributed by atoms with Crippen molar-refractivity contribution in [2.45, 2.75) is 25.7 Å². The largest absolute Gasteiger partial charge is 0.273 e. The summed E-state index contributed by atoms with van der Waals surface area (Å²) in [6, 6.07) is 5.41. The Kier molecular flexibility index (Phi) is 5.86. The van der Waals surface area contributed by atoms with Crippen LogP contribution < -0.4 is 15.6 Å². The van der Waals surface area contributed by atoms with Crippen LogP contribution in [0.1, 0.15) is 31.1 Å². The van der Waals surface area contributed by atoms with Gasteiger partial charge in [-0.25, -0.2) is 13.1 Å². The molecule has 1 rings (SSSR count). The van der Waals surface area contributed by atoms with Crippen LogP contribution in [0.5, 0.6) is 0 Å². The maximum Gasteiger partial charge on any atom is 0.269 e. The molecule has 0 saturated heterocycles. The molecule has 0 saturated carbocycles. The molecule has 2 amide bonds. The third-order valence-corrected chi connectivity index (χ3v) is 4.15. The molecule has 0 spiro atoms. The topological polar surface area (TPSA) is 104 Å². The van der Waals surface area contributed by atoms with Crippen molar-refractivity contribution < 1.29 is 18.0 Å². The first kappa shape index (κ1) is 17.1. The third kappa shape index (κ3) is 4.83. The van der Waals surface area contributed by atoms with Gasteiger partial charge in [0, 0.05) is 18.0 Å². The van der Waals surface area contributed by atoms with E-state index >= 15 is 0 Å². The molecule has 1 aromatic rings. The van der Waals surface area contributed by atoms with Crippen LogP contribution in [0.3, 0.4) is 0 Å². The molecule has 7 nitrogen and oxygen atoms in total. The summed E-state index contributed by atoms with van der Waals surface area (Å²) >= 11 is 0. The lowest BCUT2D eigenvalue weighted by molar-refractivity contribution is -0.124. The van der Waals surface area contributed by atoms with E-state index in [1.54, 1.807) is 20.8 Å². The Morgan fingerprint density at radius 2 is 1.67 bits per heavy atom. The van der Waals surface area contributed by atoms with E-state index < -0.39 is 15.9 Å². The van der Waals surface area contributed by atoms with E-state index in [0.29, 0.717) is 0 Å². The van der Waals surface area contributed by atoms with Crippen molar-refractivity contribution in [3.05, 3.63) is 29.8 Å². The Morgan fingerprint density at radius 3 is 2.14 bits per heavy atom. The van der Waals surface area contributed by atoms with Crippen molar-refractivity contribution in [2.24, 2.45) is 5.92 Å². The highest BCUT2D eigenvalue weighted by Gasteiger charge is 2.14. The van der Waals surface area contributed by atoms with Gasteiger partial charge in [-0.15, -0.1) is 0 Å². The number of hydrazine groups is 1. The highest BCUT2D eigenvalue weighted by Crippen LogP contribution is 2.10. The van der Waals surface area contributed by atoms with E-state index in [0.717, 1.165) is 0 Å². The number of sulfonamides is 1. The second-order valence-corrected chi connectivity index (χ2v) is 6.39. The van der Waals surface area contributed by atoms with E-state index in [1.165, 1.54) is 24.3 Å². The first-order valence-corrected chi connectivity index (χ1v) is 7.96. The Balaban J connectivity index is 2.74. The van der Waals surface area contributed by atoms with Gasteiger partial charge >= 0.3 is 0 Å². The first-order valence-electron chi connectivity index (χ1n) is 6.48. The fourth-order valence-corrected chi connectivity index (χ4v) is 2.43. The standard InChI is InChI=1S/C13H19N3O4S/c1-4-14-21(19,20)11-7-5-10(6-8-11)13(18)16-15-12(17)9(2)3/h5-9,14H,4H2,1-3H3,(H,15,17)(H,16,18). The van der Waals surface area contributed by atoms with Gasteiger partial charge in [0.15, 0.2) is 0 Å². The van der Waals surface area contributed by atoms with Gasteiger partial charge in [-0.3, -0.25) is 20.4 Å². The van der Waals surface area contributed by atoms with Gasteiger partial charge in [0.25, 0.3) is 5.91 Å². The number of rotatable bonds is 5. The molecule has 0 radical (unpaired) electrons. The number of nitrogens with one attached hydrogen (secondary N) is 3. The normalized spacial score (nSPS) is 11.2. The van der Waals surface area contributed by atoms with Crippen molar-refractivity contribution in [3.63, 3.8) is 0 Å². The van der Waals surface area contributed by atoms with Crippen LogP contribution in [-0.2, 0) is 14.8 Å². The van der Waals surface area contributed by atoms with Gasteiger partial charge in [-0.05, 0) is 24.3 Å². The maximum atomic E-state index is 11.8.